The van der Waals surface area contributed by atoms with Gasteiger partial charge >= 0.3 is 0 Å². The molecule has 0 unspecified atom stereocenters. The Kier molecular flexibility index (Phi) is 5.06. The molecule has 2 bridgehead atoms. The first-order chi connectivity index (χ1) is 11.6. The molecule has 1 aromatic rings. The predicted octanol–water partition coefficient (Wildman–Crippen LogP) is 2.48. The molecule has 3 atom stereocenters. The Hall–Kier alpha value is -1.24. The highest BCUT2D eigenvalue weighted by atomic mass is 35.5. The summed E-state index contributed by atoms with van der Waals surface area (Å²) in [5.41, 5.74) is 4.79. The molecule has 1 saturated heterocycles. The van der Waals surface area contributed by atoms with Crippen LogP contribution in [-0.2, 0) is 10.3 Å². The zero-order valence-corrected chi connectivity index (χ0v) is 15.2. The van der Waals surface area contributed by atoms with Gasteiger partial charge in [-0.05, 0) is 31.7 Å². The minimum Gasteiger partial charge on any atom is -0.373 e. The maximum atomic E-state index is 15.1. The van der Waals surface area contributed by atoms with Crippen molar-refractivity contribution >= 4 is 18.3 Å². The maximum Gasteiger partial charge on any atom is 0.270 e. The highest BCUT2D eigenvalue weighted by molar-refractivity contribution is 5.91. The molecule has 2 heterocycles. The number of hydrogen-bond donors (Lipinski definition) is 1. The molecule has 3 fully saturated rings. The van der Waals surface area contributed by atoms with Crippen LogP contribution in [0.2, 0.25) is 0 Å². The van der Waals surface area contributed by atoms with Gasteiger partial charge in [-0.2, -0.15) is 0 Å². The van der Waals surface area contributed by atoms with Crippen molar-refractivity contribution < 1.29 is 13.9 Å². The SMILES string of the molecule is CO[C@]1(c2ccnc(C(N)=O)c2F)[C@@H]2CCC[C@H]1CN(C1CC1)C2.Cl. The molecule has 0 aromatic carbocycles. The molecule has 7 heteroatoms. The molecule has 2 N–H and O–H groups in total. The number of hydrogen-bond acceptors (Lipinski definition) is 4. The lowest BCUT2D eigenvalue weighted by molar-refractivity contribution is -0.171. The van der Waals surface area contributed by atoms with Crippen LogP contribution < -0.4 is 5.73 Å². The fourth-order valence-electron chi connectivity index (χ4n) is 5.01. The van der Waals surface area contributed by atoms with Gasteiger partial charge in [-0.1, -0.05) is 6.42 Å². The Bertz CT molecular complexity index is 654. The molecule has 1 aliphatic heterocycles. The van der Waals surface area contributed by atoms with Crippen molar-refractivity contribution in [1.29, 1.82) is 0 Å². The number of methoxy groups -OCH3 is 1. The first kappa shape index (κ1) is 18.5. The molecular weight excluding hydrogens is 345 g/mol. The van der Waals surface area contributed by atoms with Gasteiger partial charge in [-0.15, -0.1) is 12.4 Å². The fraction of sp³-hybridized carbons (Fsp3) is 0.667. The molecule has 0 spiro atoms. The number of likely N-dealkylation sites (tertiary alicyclic amines) is 1. The molecule has 2 aliphatic carbocycles. The number of fused-ring (bicyclic) bond motifs is 2. The van der Waals surface area contributed by atoms with Crippen LogP contribution in [-0.4, -0.2) is 42.0 Å². The number of nitrogens with two attached hydrogens (primary N) is 1. The van der Waals surface area contributed by atoms with E-state index in [-0.39, 0.29) is 29.9 Å². The zero-order chi connectivity index (χ0) is 16.9. The summed E-state index contributed by atoms with van der Waals surface area (Å²) in [4.78, 5) is 17.9. The highest BCUT2D eigenvalue weighted by Crippen LogP contribution is 2.53. The third-order valence-electron chi connectivity index (χ3n) is 6.17. The Morgan fingerprint density at radius 3 is 2.48 bits per heavy atom. The minimum absolute atomic E-state index is 0. The molecule has 5 nitrogen and oxygen atoms in total. The summed E-state index contributed by atoms with van der Waals surface area (Å²) in [6, 6.07) is 2.37. The lowest BCUT2D eigenvalue weighted by Gasteiger charge is -2.55. The smallest absolute Gasteiger partial charge is 0.270 e. The molecule has 3 aliphatic rings. The van der Waals surface area contributed by atoms with Gasteiger partial charge in [0, 0.05) is 49.8 Å². The monoisotopic (exact) mass is 369 g/mol. The number of rotatable bonds is 4. The number of amides is 1. The van der Waals surface area contributed by atoms with Crippen LogP contribution in [0.4, 0.5) is 4.39 Å². The summed E-state index contributed by atoms with van der Waals surface area (Å²) in [7, 11) is 1.67. The van der Waals surface area contributed by atoms with E-state index in [1.807, 2.05) is 0 Å². The normalized spacial score (nSPS) is 32.1. The Morgan fingerprint density at radius 1 is 1.32 bits per heavy atom. The van der Waals surface area contributed by atoms with Crippen molar-refractivity contribution in [3.63, 3.8) is 0 Å². The molecule has 4 rings (SSSR count). The second-order valence-corrected chi connectivity index (χ2v) is 7.39. The number of aromatic nitrogens is 1. The van der Waals surface area contributed by atoms with E-state index in [4.69, 9.17) is 10.5 Å². The van der Waals surface area contributed by atoms with Crippen LogP contribution in [0, 0.1) is 17.7 Å². The lowest BCUT2D eigenvalue weighted by atomic mass is 9.62. The van der Waals surface area contributed by atoms with Crippen LogP contribution in [0.5, 0.6) is 0 Å². The van der Waals surface area contributed by atoms with E-state index in [9.17, 15) is 4.79 Å². The van der Waals surface area contributed by atoms with E-state index in [0.717, 1.165) is 32.4 Å². The summed E-state index contributed by atoms with van der Waals surface area (Å²) >= 11 is 0. The van der Waals surface area contributed by atoms with Crippen LogP contribution in [0.3, 0.4) is 0 Å². The molecule has 1 amide bonds. The van der Waals surface area contributed by atoms with E-state index < -0.39 is 17.3 Å². The number of carbonyl (C=O) groups is 1. The van der Waals surface area contributed by atoms with E-state index in [1.165, 1.54) is 19.0 Å². The van der Waals surface area contributed by atoms with E-state index in [2.05, 4.69) is 9.88 Å². The molecule has 2 saturated carbocycles. The van der Waals surface area contributed by atoms with Gasteiger partial charge in [0.05, 0.1) is 0 Å². The summed E-state index contributed by atoms with van der Waals surface area (Å²) in [5, 5.41) is 0. The second kappa shape index (κ2) is 6.82. The average Bonchev–Trinajstić information content (AvgIpc) is 3.38. The molecular formula is C18H25ClFN3O2. The van der Waals surface area contributed by atoms with Crippen LogP contribution >= 0.6 is 12.4 Å². The second-order valence-electron chi connectivity index (χ2n) is 7.39. The Labute approximate surface area is 153 Å². The largest absolute Gasteiger partial charge is 0.373 e. The van der Waals surface area contributed by atoms with Gasteiger partial charge in [-0.3, -0.25) is 9.69 Å². The number of nitrogens with zero attached hydrogens (tertiary/aromatic N) is 2. The van der Waals surface area contributed by atoms with E-state index in [1.54, 1.807) is 13.2 Å². The van der Waals surface area contributed by atoms with Crippen molar-refractivity contribution in [3.05, 3.63) is 29.3 Å². The van der Waals surface area contributed by atoms with Gasteiger partial charge in [-0.25, -0.2) is 9.37 Å². The average molecular weight is 370 g/mol. The topological polar surface area (TPSA) is 68.5 Å². The molecule has 138 valence electrons. The standard InChI is InChI=1S/C18H24FN3O2.ClH/c1-24-18(14-7-8-21-16(15(14)19)17(20)23)11-3-2-4-12(18)10-22(9-11)13-5-6-13;/h7-8,11-13H,2-6,9-10H2,1H3,(H2,20,23);1H/t11-,12+,18-;. The third kappa shape index (κ3) is 2.84. The first-order valence-electron chi connectivity index (χ1n) is 8.82. The lowest BCUT2D eigenvalue weighted by Crippen LogP contribution is -2.59. The van der Waals surface area contributed by atoms with Gasteiger partial charge < -0.3 is 10.5 Å². The molecule has 25 heavy (non-hydrogen) atoms. The summed E-state index contributed by atoms with van der Waals surface area (Å²) < 4.78 is 21.1. The predicted molar refractivity (Wildman–Crippen MR) is 94.1 cm³/mol. The van der Waals surface area contributed by atoms with E-state index >= 15 is 4.39 Å². The third-order valence-corrected chi connectivity index (χ3v) is 6.17. The number of halogens is 2. The van der Waals surface area contributed by atoms with Gasteiger partial charge in [0.1, 0.15) is 5.60 Å². The van der Waals surface area contributed by atoms with Crippen molar-refractivity contribution in [1.82, 2.24) is 9.88 Å². The highest BCUT2D eigenvalue weighted by Gasteiger charge is 2.56. The quantitative estimate of drug-likeness (QED) is 0.885. The van der Waals surface area contributed by atoms with Crippen LogP contribution in [0.1, 0.15) is 48.2 Å². The molecule has 0 radical (unpaired) electrons. The van der Waals surface area contributed by atoms with Gasteiger partial charge in [0.25, 0.3) is 5.91 Å². The number of pyridine rings is 1. The Balaban J connectivity index is 0.00000182. The van der Waals surface area contributed by atoms with Crippen molar-refractivity contribution in [3.8, 4) is 0 Å². The van der Waals surface area contributed by atoms with Crippen molar-refractivity contribution in [2.45, 2.75) is 43.7 Å². The van der Waals surface area contributed by atoms with Crippen LogP contribution in [0.25, 0.3) is 0 Å². The Morgan fingerprint density at radius 2 is 1.96 bits per heavy atom. The number of piperidine rings is 1. The number of primary amides is 1. The van der Waals surface area contributed by atoms with Gasteiger partial charge in [0.2, 0.25) is 0 Å². The number of ether oxygens (including phenoxy) is 1. The van der Waals surface area contributed by atoms with Gasteiger partial charge in [0.15, 0.2) is 11.5 Å². The number of carbonyl (C=O) groups excluding carboxylic acids is 1. The summed E-state index contributed by atoms with van der Waals surface area (Å²) in [6.07, 6.45) is 7.20. The maximum absolute atomic E-state index is 15.1. The van der Waals surface area contributed by atoms with Crippen molar-refractivity contribution in [2.75, 3.05) is 20.2 Å². The summed E-state index contributed by atoms with van der Waals surface area (Å²) in [5.74, 6) is -0.980. The van der Waals surface area contributed by atoms with E-state index in [0.29, 0.717) is 11.6 Å². The van der Waals surface area contributed by atoms with Crippen molar-refractivity contribution in [2.24, 2.45) is 17.6 Å². The minimum atomic E-state index is -0.832. The molecule has 1 aromatic heterocycles. The van der Waals surface area contributed by atoms with Crippen LogP contribution in [0.15, 0.2) is 12.3 Å². The fourth-order valence-corrected chi connectivity index (χ4v) is 5.01. The summed E-state index contributed by atoms with van der Waals surface area (Å²) in [6.45, 7) is 1.87. The first-order valence-corrected chi connectivity index (χ1v) is 8.82. The zero-order valence-electron chi connectivity index (χ0n) is 14.4.